The van der Waals surface area contributed by atoms with E-state index in [0.29, 0.717) is 0 Å². The van der Waals surface area contributed by atoms with E-state index in [0.717, 1.165) is 37.4 Å². The first-order valence-electron chi connectivity index (χ1n) is 13.6. The van der Waals surface area contributed by atoms with E-state index in [1.54, 1.807) is 0 Å². The lowest BCUT2D eigenvalue weighted by Gasteiger charge is -2.06. The number of aromatic nitrogens is 1. The van der Waals surface area contributed by atoms with Gasteiger partial charge in [-0.05, 0) is 49.1 Å². The van der Waals surface area contributed by atoms with Crippen LogP contribution >= 0.6 is 0 Å². The maximum atomic E-state index is 5.91. The first kappa shape index (κ1) is 27.1. The summed E-state index contributed by atoms with van der Waals surface area (Å²) < 4.78 is 8.18. The zero-order valence-corrected chi connectivity index (χ0v) is 21.1. The van der Waals surface area contributed by atoms with Gasteiger partial charge >= 0.3 is 0 Å². The van der Waals surface area contributed by atoms with E-state index in [9.17, 15) is 0 Å². The highest BCUT2D eigenvalue weighted by Crippen LogP contribution is 2.13. The van der Waals surface area contributed by atoms with Crippen molar-refractivity contribution in [1.29, 1.82) is 0 Å². The minimum absolute atomic E-state index is 0.819. The van der Waals surface area contributed by atoms with E-state index in [1.807, 2.05) is 6.21 Å². The standard InChI is InChI=1S/C30H47N2O/c1-2-3-4-5-10-14-23-31-28-29-19-21-30(22-20-29)33-27-18-12-9-7-6-8-11-15-24-32-25-16-13-17-26-32/h13,16-17,19-22,25-26,28H,2-12,14-15,18,23-24,27H2,1H3/q+1. The SMILES string of the molecule is CCCCCCCCN=Cc1ccc(OCCCCCCCCCC[n+]2ccccc2)cc1. The van der Waals surface area contributed by atoms with Crippen molar-refractivity contribution in [2.24, 2.45) is 4.99 Å². The van der Waals surface area contributed by atoms with Crippen LogP contribution in [0, 0.1) is 0 Å². The van der Waals surface area contributed by atoms with Crippen LogP contribution < -0.4 is 9.30 Å². The summed E-state index contributed by atoms with van der Waals surface area (Å²) in [4.78, 5) is 4.56. The molecule has 0 saturated carbocycles. The molecule has 0 bridgehead atoms. The number of rotatable bonds is 20. The van der Waals surface area contributed by atoms with Crippen LogP contribution in [0.5, 0.6) is 5.75 Å². The van der Waals surface area contributed by atoms with Gasteiger partial charge in [0.2, 0.25) is 0 Å². The number of hydrogen-bond acceptors (Lipinski definition) is 2. The van der Waals surface area contributed by atoms with Gasteiger partial charge in [-0.1, -0.05) is 77.2 Å². The lowest BCUT2D eigenvalue weighted by Crippen LogP contribution is -2.32. The van der Waals surface area contributed by atoms with Crippen molar-refractivity contribution in [3.05, 3.63) is 60.4 Å². The molecule has 0 aliphatic carbocycles. The van der Waals surface area contributed by atoms with Crippen LogP contribution in [0.3, 0.4) is 0 Å². The molecule has 0 unspecified atom stereocenters. The van der Waals surface area contributed by atoms with Gasteiger partial charge in [-0.25, -0.2) is 4.57 Å². The molecule has 3 heteroatoms. The molecule has 0 aliphatic rings. The van der Waals surface area contributed by atoms with Gasteiger partial charge in [-0.3, -0.25) is 4.99 Å². The molecular weight excluding hydrogens is 404 g/mol. The molecule has 0 spiro atoms. The number of aliphatic imine (C=N–C) groups is 1. The van der Waals surface area contributed by atoms with Gasteiger partial charge in [-0.2, -0.15) is 0 Å². The molecule has 0 saturated heterocycles. The summed E-state index contributed by atoms with van der Waals surface area (Å²) in [7, 11) is 0. The van der Waals surface area contributed by atoms with Crippen molar-refractivity contribution >= 4 is 6.21 Å². The van der Waals surface area contributed by atoms with E-state index in [2.05, 4.69) is 71.3 Å². The van der Waals surface area contributed by atoms with Gasteiger partial charge in [0, 0.05) is 31.3 Å². The molecule has 0 amide bonds. The molecule has 0 radical (unpaired) electrons. The number of pyridine rings is 1. The van der Waals surface area contributed by atoms with Crippen LogP contribution in [-0.4, -0.2) is 19.4 Å². The Balaban J connectivity index is 1.39. The van der Waals surface area contributed by atoms with E-state index in [4.69, 9.17) is 4.74 Å². The number of aryl methyl sites for hydroxylation is 1. The lowest BCUT2D eigenvalue weighted by molar-refractivity contribution is -0.697. The molecule has 1 heterocycles. The second-order valence-corrected chi connectivity index (χ2v) is 9.16. The lowest BCUT2D eigenvalue weighted by atomic mass is 10.1. The fraction of sp³-hybridized carbons (Fsp3) is 0.600. The van der Waals surface area contributed by atoms with Gasteiger partial charge < -0.3 is 4.74 Å². The van der Waals surface area contributed by atoms with E-state index in [-0.39, 0.29) is 0 Å². The second-order valence-electron chi connectivity index (χ2n) is 9.16. The number of unbranched alkanes of at least 4 members (excludes halogenated alkanes) is 12. The maximum absolute atomic E-state index is 5.91. The first-order valence-corrected chi connectivity index (χ1v) is 13.6. The number of hydrogen-bond donors (Lipinski definition) is 0. The van der Waals surface area contributed by atoms with Crippen LogP contribution in [0.4, 0.5) is 0 Å². The third-order valence-corrected chi connectivity index (χ3v) is 6.12. The topological polar surface area (TPSA) is 25.5 Å². The van der Waals surface area contributed by atoms with Crippen LogP contribution in [-0.2, 0) is 6.54 Å². The Hall–Kier alpha value is -2.16. The van der Waals surface area contributed by atoms with Gasteiger partial charge in [-0.15, -0.1) is 0 Å². The van der Waals surface area contributed by atoms with E-state index in [1.165, 1.54) is 83.5 Å². The number of nitrogens with zero attached hydrogens (tertiary/aromatic N) is 2. The fourth-order valence-corrected chi connectivity index (χ4v) is 4.03. The highest BCUT2D eigenvalue weighted by Gasteiger charge is 1.99. The van der Waals surface area contributed by atoms with Crippen molar-refractivity contribution < 1.29 is 9.30 Å². The number of benzene rings is 1. The average molecular weight is 452 g/mol. The quantitative estimate of drug-likeness (QED) is 0.114. The Morgan fingerprint density at radius 3 is 2.00 bits per heavy atom. The highest BCUT2D eigenvalue weighted by atomic mass is 16.5. The van der Waals surface area contributed by atoms with Crippen molar-refractivity contribution in [3.8, 4) is 5.75 Å². The molecule has 33 heavy (non-hydrogen) atoms. The molecule has 2 aromatic rings. The molecule has 0 N–H and O–H groups in total. The zero-order valence-electron chi connectivity index (χ0n) is 21.1. The van der Waals surface area contributed by atoms with Crippen LogP contribution in [0.15, 0.2) is 59.9 Å². The molecule has 0 fully saturated rings. The highest BCUT2D eigenvalue weighted by molar-refractivity contribution is 5.79. The second kappa shape index (κ2) is 19.3. The predicted molar refractivity (Wildman–Crippen MR) is 141 cm³/mol. The first-order chi connectivity index (χ1) is 16.4. The molecule has 1 aromatic heterocycles. The van der Waals surface area contributed by atoms with Crippen LogP contribution in [0.2, 0.25) is 0 Å². The zero-order chi connectivity index (χ0) is 23.2. The normalized spacial score (nSPS) is 11.3. The largest absolute Gasteiger partial charge is 0.494 e. The Morgan fingerprint density at radius 2 is 1.30 bits per heavy atom. The molecule has 2 rings (SSSR count). The number of ether oxygens (including phenoxy) is 1. The Kier molecular flexibility index (Phi) is 15.9. The summed E-state index contributed by atoms with van der Waals surface area (Å²) in [6, 6.07) is 14.6. The monoisotopic (exact) mass is 451 g/mol. The van der Waals surface area contributed by atoms with Crippen molar-refractivity contribution in [2.75, 3.05) is 13.2 Å². The summed E-state index contributed by atoms with van der Waals surface area (Å²) >= 11 is 0. The van der Waals surface area contributed by atoms with Gasteiger partial charge in [0.05, 0.1) is 6.61 Å². The minimum atomic E-state index is 0.819. The van der Waals surface area contributed by atoms with Gasteiger partial charge in [0.1, 0.15) is 12.3 Å². The predicted octanol–water partition coefficient (Wildman–Crippen LogP) is 7.95. The third kappa shape index (κ3) is 14.6. The average Bonchev–Trinajstić information content (AvgIpc) is 2.85. The van der Waals surface area contributed by atoms with Crippen molar-refractivity contribution in [3.63, 3.8) is 0 Å². The van der Waals surface area contributed by atoms with Crippen LogP contribution in [0.25, 0.3) is 0 Å². The summed E-state index contributed by atoms with van der Waals surface area (Å²) in [5.74, 6) is 0.972. The minimum Gasteiger partial charge on any atom is -0.494 e. The summed E-state index contributed by atoms with van der Waals surface area (Å²) in [5.41, 5.74) is 1.16. The Morgan fingerprint density at radius 1 is 0.697 bits per heavy atom. The molecular formula is C30H47N2O+. The fourth-order valence-electron chi connectivity index (χ4n) is 4.03. The van der Waals surface area contributed by atoms with E-state index < -0.39 is 0 Å². The molecule has 0 atom stereocenters. The van der Waals surface area contributed by atoms with Crippen molar-refractivity contribution in [1.82, 2.24) is 0 Å². The Labute approximate surface area is 203 Å². The summed E-state index contributed by atoms with van der Waals surface area (Å²) in [5, 5.41) is 0. The van der Waals surface area contributed by atoms with Gasteiger partial charge in [0.15, 0.2) is 12.4 Å². The molecule has 1 aromatic carbocycles. The molecule has 0 aliphatic heterocycles. The Bertz CT molecular complexity index is 712. The third-order valence-electron chi connectivity index (χ3n) is 6.12. The molecule has 182 valence electrons. The van der Waals surface area contributed by atoms with Crippen molar-refractivity contribution in [2.45, 2.75) is 103 Å². The van der Waals surface area contributed by atoms with Gasteiger partial charge in [0.25, 0.3) is 0 Å². The summed E-state index contributed by atoms with van der Waals surface area (Å²) in [6.45, 7) is 5.17. The molecule has 3 nitrogen and oxygen atoms in total. The maximum Gasteiger partial charge on any atom is 0.168 e. The smallest absolute Gasteiger partial charge is 0.168 e. The van der Waals surface area contributed by atoms with Crippen LogP contribution in [0.1, 0.15) is 102 Å². The summed E-state index contributed by atoms with van der Waals surface area (Å²) in [6.07, 6.45) is 24.7. The van der Waals surface area contributed by atoms with E-state index >= 15 is 0 Å².